The summed E-state index contributed by atoms with van der Waals surface area (Å²) in [6.45, 7) is 2.93. The highest BCUT2D eigenvalue weighted by molar-refractivity contribution is 6.08. The van der Waals surface area contributed by atoms with E-state index in [4.69, 9.17) is 4.74 Å². The van der Waals surface area contributed by atoms with Crippen LogP contribution in [0.15, 0.2) is 97.1 Å². The lowest BCUT2D eigenvalue weighted by Gasteiger charge is -2.25. The van der Waals surface area contributed by atoms with Crippen molar-refractivity contribution in [3.63, 3.8) is 0 Å². The van der Waals surface area contributed by atoms with Crippen LogP contribution < -0.4 is 9.64 Å². The molecule has 0 radical (unpaired) electrons. The van der Waals surface area contributed by atoms with E-state index in [9.17, 15) is 0 Å². The third-order valence-electron chi connectivity index (χ3n) is 5.62. The zero-order valence-electron chi connectivity index (χ0n) is 17.7. The highest BCUT2D eigenvalue weighted by Gasteiger charge is 2.14. The second kappa shape index (κ2) is 8.57. The van der Waals surface area contributed by atoms with E-state index in [0.717, 1.165) is 53.3 Å². The topological polar surface area (TPSA) is 28.3 Å². The number of aromatic nitrogens is 1. The van der Waals surface area contributed by atoms with Crippen LogP contribution >= 0.6 is 0 Å². The molecule has 1 N–H and O–H groups in total. The summed E-state index contributed by atoms with van der Waals surface area (Å²) in [6.07, 6.45) is 2.21. The van der Waals surface area contributed by atoms with E-state index in [1.165, 1.54) is 10.8 Å². The summed E-state index contributed by atoms with van der Waals surface area (Å²) < 4.78 is 5.87. The van der Waals surface area contributed by atoms with E-state index in [2.05, 4.69) is 114 Å². The molecule has 0 aliphatic heterocycles. The normalized spacial score (nSPS) is 11.1. The fraction of sp³-hybridized carbons (Fsp3) is 0.143. The molecule has 4 aromatic carbocycles. The average molecular weight is 407 g/mol. The molecule has 3 heteroatoms. The molecular formula is C28H26N2O. The van der Waals surface area contributed by atoms with Crippen LogP contribution in [0.2, 0.25) is 0 Å². The fourth-order valence-electron chi connectivity index (χ4n) is 4.03. The Kier molecular flexibility index (Phi) is 5.32. The first kappa shape index (κ1) is 19.3. The fourth-order valence-corrected chi connectivity index (χ4v) is 4.03. The molecule has 1 heterocycles. The van der Waals surface area contributed by atoms with Crippen molar-refractivity contribution in [2.45, 2.75) is 19.8 Å². The van der Waals surface area contributed by atoms with E-state index in [1.807, 2.05) is 0 Å². The average Bonchev–Trinajstić information content (AvgIpc) is 3.19. The van der Waals surface area contributed by atoms with Crippen LogP contribution in [0.5, 0.6) is 5.75 Å². The zero-order valence-corrected chi connectivity index (χ0v) is 17.7. The summed E-state index contributed by atoms with van der Waals surface area (Å²) in [5.41, 5.74) is 5.67. The predicted molar refractivity (Wildman–Crippen MR) is 131 cm³/mol. The molecule has 0 spiro atoms. The van der Waals surface area contributed by atoms with Gasteiger partial charge >= 0.3 is 0 Å². The van der Waals surface area contributed by atoms with Crippen LogP contribution in [-0.4, -0.2) is 11.6 Å². The number of hydrogen-bond donors (Lipinski definition) is 1. The summed E-state index contributed by atoms with van der Waals surface area (Å²) in [6, 6.07) is 34.0. The lowest BCUT2D eigenvalue weighted by Crippen LogP contribution is -2.09. The van der Waals surface area contributed by atoms with Crippen molar-refractivity contribution < 1.29 is 4.74 Å². The monoisotopic (exact) mass is 406 g/mol. The molecule has 0 fully saturated rings. The highest BCUT2D eigenvalue weighted by Crippen LogP contribution is 2.38. The van der Waals surface area contributed by atoms with Crippen molar-refractivity contribution in [3.8, 4) is 5.75 Å². The quantitative estimate of drug-likeness (QED) is 0.278. The standard InChI is InChI=1S/C28H26N2O/c1-2-3-19-31-24-16-13-22(14-17-24)30(21-9-5-4-6-10-21)23-15-18-28-26(20-23)25-11-7-8-12-27(25)29-28/h4-18,20,29H,2-3,19H2,1H3. The molecule has 0 unspecified atom stereocenters. The predicted octanol–water partition coefficient (Wildman–Crippen LogP) is 7.97. The van der Waals surface area contributed by atoms with Gasteiger partial charge < -0.3 is 14.6 Å². The largest absolute Gasteiger partial charge is 0.494 e. The van der Waals surface area contributed by atoms with Crippen molar-refractivity contribution >= 4 is 38.9 Å². The second-order valence-electron chi connectivity index (χ2n) is 7.77. The molecule has 0 aliphatic rings. The van der Waals surface area contributed by atoms with E-state index in [1.54, 1.807) is 0 Å². The summed E-state index contributed by atoms with van der Waals surface area (Å²) in [7, 11) is 0. The van der Waals surface area contributed by atoms with Crippen molar-refractivity contribution in [1.82, 2.24) is 4.98 Å². The number of aromatic amines is 1. The molecule has 1 aromatic heterocycles. The summed E-state index contributed by atoms with van der Waals surface area (Å²) in [4.78, 5) is 5.81. The zero-order chi connectivity index (χ0) is 21.0. The summed E-state index contributed by atoms with van der Waals surface area (Å²) >= 11 is 0. The van der Waals surface area contributed by atoms with E-state index >= 15 is 0 Å². The van der Waals surface area contributed by atoms with Gasteiger partial charge in [-0.3, -0.25) is 0 Å². The SMILES string of the molecule is CCCCOc1ccc(N(c2ccccc2)c2ccc3[nH]c4ccccc4c3c2)cc1. The molecule has 0 saturated heterocycles. The van der Waals surface area contributed by atoms with Gasteiger partial charge in [0.2, 0.25) is 0 Å². The van der Waals surface area contributed by atoms with Crippen LogP contribution in [0.1, 0.15) is 19.8 Å². The van der Waals surface area contributed by atoms with Crippen LogP contribution in [0.3, 0.4) is 0 Å². The van der Waals surface area contributed by atoms with E-state index < -0.39 is 0 Å². The minimum atomic E-state index is 0.759. The Morgan fingerprint density at radius 2 is 1.35 bits per heavy atom. The number of anilines is 3. The van der Waals surface area contributed by atoms with E-state index in [-0.39, 0.29) is 0 Å². The van der Waals surface area contributed by atoms with Crippen LogP contribution in [-0.2, 0) is 0 Å². The first-order valence-electron chi connectivity index (χ1n) is 10.9. The molecule has 5 aromatic rings. The lowest BCUT2D eigenvalue weighted by molar-refractivity contribution is 0.309. The molecule has 0 bridgehead atoms. The van der Waals surface area contributed by atoms with Gasteiger partial charge in [-0.1, -0.05) is 49.7 Å². The Balaban J connectivity index is 1.58. The van der Waals surface area contributed by atoms with Gasteiger partial charge in [0, 0.05) is 38.9 Å². The minimum Gasteiger partial charge on any atom is -0.494 e. The van der Waals surface area contributed by atoms with Crippen LogP contribution in [0, 0.1) is 0 Å². The molecule has 0 saturated carbocycles. The number of ether oxygens (including phenoxy) is 1. The van der Waals surface area contributed by atoms with Gasteiger partial charge in [-0.15, -0.1) is 0 Å². The van der Waals surface area contributed by atoms with Crippen LogP contribution in [0.25, 0.3) is 21.8 Å². The highest BCUT2D eigenvalue weighted by atomic mass is 16.5. The maximum Gasteiger partial charge on any atom is 0.119 e. The number of fused-ring (bicyclic) bond motifs is 3. The number of rotatable bonds is 7. The lowest BCUT2D eigenvalue weighted by atomic mass is 10.1. The van der Waals surface area contributed by atoms with Gasteiger partial charge in [0.1, 0.15) is 5.75 Å². The van der Waals surface area contributed by atoms with Crippen molar-refractivity contribution in [3.05, 3.63) is 97.1 Å². The Bertz CT molecular complexity index is 1290. The number of nitrogens with zero attached hydrogens (tertiary/aromatic N) is 1. The van der Waals surface area contributed by atoms with Gasteiger partial charge in [-0.2, -0.15) is 0 Å². The maximum atomic E-state index is 5.87. The molecule has 31 heavy (non-hydrogen) atoms. The van der Waals surface area contributed by atoms with Gasteiger partial charge in [0.25, 0.3) is 0 Å². The summed E-state index contributed by atoms with van der Waals surface area (Å²) in [5, 5.41) is 2.47. The Hall–Kier alpha value is -3.72. The first-order chi connectivity index (χ1) is 15.3. The number of benzene rings is 4. The van der Waals surface area contributed by atoms with Crippen molar-refractivity contribution in [2.24, 2.45) is 0 Å². The van der Waals surface area contributed by atoms with Gasteiger partial charge in [-0.25, -0.2) is 0 Å². The molecule has 3 nitrogen and oxygen atoms in total. The number of unbranched alkanes of at least 4 members (excludes halogenated alkanes) is 1. The second-order valence-corrected chi connectivity index (χ2v) is 7.77. The van der Waals surface area contributed by atoms with Gasteiger partial charge in [0.15, 0.2) is 0 Å². The Morgan fingerprint density at radius 1 is 0.677 bits per heavy atom. The molecule has 0 atom stereocenters. The van der Waals surface area contributed by atoms with Gasteiger partial charge in [-0.05, 0) is 67.1 Å². The van der Waals surface area contributed by atoms with Gasteiger partial charge in [0.05, 0.1) is 6.61 Å². The molecule has 154 valence electrons. The van der Waals surface area contributed by atoms with Crippen molar-refractivity contribution in [2.75, 3.05) is 11.5 Å². The Labute approximate surface area is 182 Å². The number of H-pyrrole nitrogens is 1. The third-order valence-corrected chi connectivity index (χ3v) is 5.62. The summed E-state index contributed by atoms with van der Waals surface area (Å²) in [5.74, 6) is 0.914. The molecular weight excluding hydrogens is 380 g/mol. The molecule has 5 rings (SSSR count). The van der Waals surface area contributed by atoms with Crippen LogP contribution in [0.4, 0.5) is 17.1 Å². The molecule has 0 amide bonds. The molecule has 0 aliphatic carbocycles. The number of hydrogen-bond acceptors (Lipinski definition) is 2. The Morgan fingerprint density at radius 3 is 2.16 bits per heavy atom. The number of para-hydroxylation sites is 2. The third kappa shape index (κ3) is 3.87. The van der Waals surface area contributed by atoms with Crippen molar-refractivity contribution in [1.29, 1.82) is 0 Å². The smallest absolute Gasteiger partial charge is 0.119 e. The first-order valence-corrected chi connectivity index (χ1v) is 10.9. The maximum absolute atomic E-state index is 5.87. The van der Waals surface area contributed by atoms with E-state index in [0.29, 0.717) is 0 Å². The minimum absolute atomic E-state index is 0.759. The number of nitrogens with one attached hydrogen (secondary N) is 1.